The van der Waals surface area contributed by atoms with Gasteiger partial charge < -0.3 is 20.0 Å². The predicted molar refractivity (Wildman–Crippen MR) is 70.9 cm³/mol. The van der Waals surface area contributed by atoms with E-state index in [4.69, 9.17) is 10.2 Å². The Morgan fingerprint density at radius 2 is 2.11 bits per heavy atom. The first-order chi connectivity index (χ1) is 8.97. The predicted octanol–water partition coefficient (Wildman–Crippen LogP) is 0.996. The molecule has 1 saturated heterocycles. The number of nitrogens with zero attached hydrogens (tertiary/aromatic N) is 2. The molecule has 0 radical (unpaired) electrons. The van der Waals surface area contributed by atoms with Gasteiger partial charge in [0.2, 0.25) is 0 Å². The van der Waals surface area contributed by atoms with E-state index in [0.29, 0.717) is 25.9 Å². The number of carboxylic acids is 1. The van der Waals surface area contributed by atoms with Crippen LogP contribution in [0.1, 0.15) is 33.1 Å². The second-order valence-electron chi connectivity index (χ2n) is 5.27. The molecule has 0 aromatic carbocycles. The van der Waals surface area contributed by atoms with E-state index >= 15 is 0 Å². The van der Waals surface area contributed by atoms with Gasteiger partial charge in [0.25, 0.3) is 0 Å². The molecule has 1 atom stereocenters. The number of likely N-dealkylation sites (tertiary alicyclic amines) is 1. The topological polar surface area (TPSA) is 81.1 Å². The fraction of sp³-hybridized carbons (Fsp3) is 0.846. The smallest absolute Gasteiger partial charge is 0.320 e. The van der Waals surface area contributed by atoms with E-state index in [1.807, 2.05) is 13.8 Å². The molecule has 0 aromatic heterocycles. The molecule has 1 rings (SSSR count). The fourth-order valence-corrected chi connectivity index (χ4v) is 2.35. The Morgan fingerprint density at radius 1 is 1.42 bits per heavy atom. The van der Waals surface area contributed by atoms with Gasteiger partial charge >= 0.3 is 12.0 Å². The van der Waals surface area contributed by atoms with Crippen LogP contribution in [-0.2, 0) is 4.79 Å². The van der Waals surface area contributed by atoms with Crippen molar-refractivity contribution >= 4 is 12.0 Å². The van der Waals surface area contributed by atoms with Gasteiger partial charge in [-0.15, -0.1) is 0 Å². The summed E-state index contributed by atoms with van der Waals surface area (Å²) in [6.45, 7) is 5.30. The number of carboxylic acid groups (broad SMARTS) is 1. The Labute approximate surface area is 114 Å². The highest BCUT2D eigenvalue weighted by Crippen LogP contribution is 2.18. The Bertz CT molecular complexity index is 320. The quantitative estimate of drug-likeness (QED) is 0.782. The Morgan fingerprint density at radius 3 is 2.63 bits per heavy atom. The molecule has 6 heteroatoms. The lowest BCUT2D eigenvalue weighted by Gasteiger charge is -2.37. The normalized spacial score (nSPS) is 19.6. The minimum absolute atomic E-state index is 0.0456. The van der Waals surface area contributed by atoms with Gasteiger partial charge in [-0.3, -0.25) is 4.79 Å². The van der Waals surface area contributed by atoms with Crippen molar-refractivity contribution in [2.75, 3.05) is 26.2 Å². The zero-order valence-corrected chi connectivity index (χ0v) is 11.7. The lowest BCUT2D eigenvalue weighted by molar-refractivity contribution is -0.143. The van der Waals surface area contributed by atoms with E-state index in [9.17, 15) is 9.59 Å². The van der Waals surface area contributed by atoms with Gasteiger partial charge in [-0.1, -0.05) is 0 Å². The van der Waals surface area contributed by atoms with Gasteiger partial charge in [0, 0.05) is 32.3 Å². The molecule has 1 unspecified atom stereocenters. The number of piperidine rings is 1. The van der Waals surface area contributed by atoms with Crippen molar-refractivity contribution < 1.29 is 19.8 Å². The SMILES string of the molecule is CC(C)N(CCCO)C(=O)N1CCCC(C(=O)O)C1. The molecular weight excluding hydrogens is 248 g/mol. The molecule has 2 N–H and O–H groups in total. The Hall–Kier alpha value is -1.30. The number of hydrogen-bond donors (Lipinski definition) is 2. The molecule has 0 spiro atoms. The van der Waals surface area contributed by atoms with Crippen molar-refractivity contribution in [3.63, 3.8) is 0 Å². The summed E-state index contributed by atoms with van der Waals surface area (Å²) in [6, 6.07) is -0.0707. The van der Waals surface area contributed by atoms with Crippen molar-refractivity contribution in [3.8, 4) is 0 Å². The van der Waals surface area contributed by atoms with Crippen molar-refractivity contribution in [3.05, 3.63) is 0 Å². The van der Waals surface area contributed by atoms with Crippen LogP contribution in [-0.4, -0.2) is 64.3 Å². The number of aliphatic hydroxyl groups is 1. The zero-order valence-electron chi connectivity index (χ0n) is 11.7. The van der Waals surface area contributed by atoms with Gasteiger partial charge in [0.15, 0.2) is 0 Å². The second kappa shape index (κ2) is 7.33. The summed E-state index contributed by atoms with van der Waals surface area (Å²) in [7, 11) is 0. The monoisotopic (exact) mass is 272 g/mol. The molecule has 19 heavy (non-hydrogen) atoms. The third-order valence-electron chi connectivity index (χ3n) is 3.47. The highest BCUT2D eigenvalue weighted by atomic mass is 16.4. The van der Waals surface area contributed by atoms with E-state index in [0.717, 1.165) is 6.42 Å². The average Bonchev–Trinajstić information content (AvgIpc) is 2.38. The minimum Gasteiger partial charge on any atom is -0.481 e. The van der Waals surface area contributed by atoms with Gasteiger partial charge in [0.1, 0.15) is 0 Å². The summed E-state index contributed by atoms with van der Waals surface area (Å²) < 4.78 is 0. The maximum absolute atomic E-state index is 12.4. The van der Waals surface area contributed by atoms with Crippen molar-refractivity contribution in [1.82, 2.24) is 9.80 Å². The number of carbonyl (C=O) groups excluding carboxylic acids is 1. The molecule has 0 bridgehead atoms. The summed E-state index contributed by atoms with van der Waals surface area (Å²) in [6.07, 6.45) is 1.91. The average molecular weight is 272 g/mol. The number of urea groups is 1. The largest absolute Gasteiger partial charge is 0.481 e. The molecule has 1 aliphatic heterocycles. The summed E-state index contributed by atoms with van der Waals surface area (Å²) >= 11 is 0. The van der Waals surface area contributed by atoms with Gasteiger partial charge in [-0.25, -0.2) is 4.79 Å². The first kappa shape index (κ1) is 15.8. The zero-order chi connectivity index (χ0) is 14.4. The van der Waals surface area contributed by atoms with Crippen LogP contribution < -0.4 is 0 Å². The van der Waals surface area contributed by atoms with E-state index in [1.54, 1.807) is 9.80 Å². The van der Waals surface area contributed by atoms with E-state index in [-0.39, 0.29) is 25.2 Å². The fourth-order valence-electron chi connectivity index (χ4n) is 2.35. The first-order valence-electron chi connectivity index (χ1n) is 6.86. The van der Waals surface area contributed by atoms with Gasteiger partial charge in [-0.05, 0) is 33.1 Å². The number of carbonyl (C=O) groups is 2. The number of aliphatic hydroxyl groups excluding tert-OH is 1. The van der Waals surface area contributed by atoms with Crippen molar-refractivity contribution in [1.29, 1.82) is 0 Å². The van der Waals surface area contributed by atoms with Crippen LogP contribution in [0.4, 0.5) is 4.79 Å². The molecule has 1 aliphatic rings. The lowest BCUT2D eigenvalue weighted by atomic mass is 9.98. The minimum atomic E-state index is -0.830. The number of amides is 2. The van der Waals surface area contributed by atoms with Gasteiger partial charge in [0.05, 0.1) is 5.92 Å². The molecule has 2 amide bonds. The van der Waals surface area contributed by atoms with Crippen molar-refractivity contribution in [2.45, 2.75) is 39.2 Å². The number of aliphatic carboxylic acids is 1. The molecule has 6 nitrogen and oxygen atoms in total. The molecule has 110 valence electrons. The molecule has 0 aliphatic carbocycles. The Balaban J connectivity index is 2.65. The maximum Gasteiger partial charge on any atom is 0.320 e. The van der Waals surface area contributed by atoms with E-state index in [1.165, 1.54) is 0 Å². The number of hydrogen-bond acceptors (Lipinski definition) is 3. The highest BCUT2D eigenvalue weighted by Gasteiger charge is 2.31. The lowest BCUT2D eigenvalue weighted by Crippen LogP contribution is -2.51. The van der Waals surface area contributed by atoms with Crippen LogP contribution in [0.2, 0.25) is 0 Å². The van der Waals surface area contributed by atoms with Crippen LogP contribution in [0, 0.1) is 5.92 Å². The third kappa shape index (κ3) is 4.38. The van der Waals surface area contributed by atoms with E-state index < -0.39 is 11.9 Å². The van der Waals surface area contributed by atoms with Crippen LogP contribution in [0.5, 0.6) is 0 Å². The van der Waals surface area contributed by atoms with Gasteiger partial charge in [-0.2, -0.15) is 0 Å². The second-order valence-corrected chi connectivity index (χ2v) is 5.27. The van der Waals surface area contributed by atoms with Crippen LogP contribution in [0.3, 0.4) is 0 Å². The van der Waals surface area contributed by atoms with Crippen molar-refractivity contribution in [2.24, 2.45) is 5.92 Å². The van der Waals surface area contributed by atoms with E-state index in [2.05, 4.69) is 0 Å². The maximum atomic E-state index is 12.4. The van der Waals surface area contributed by atoms with Crippen LogP contribution in [0.25, 0.3) is 0 Å². The molecular formula is C13H24N2O4. The molecule has 1 heterocycles. The molecule has 1 fully saturated rings. The molecule has 0 saturated carbocycles. The summed E-state index contributed by atoms with van der Waals surface area (Å²) in [5.41, 5.74) is 0. The standard InChI is InChI=1S/C13H24N2O4/c1-10(2)15(7-4-8-16)13(19)14-6-3-5-11(9-14)12(17)18/h10-11,16H,3-9H2,1-2H3,(H,17,18). The summed E-state index contributed by atoms with van der Waals surface area (Å²) in [5.74, 6) is -1.28. The first-order valence-corrected chi connectivity index (χ1v) is 6.86. The summed E-state index contributed by atoms with van der Waals surface area (Å²) in [5, 5.41) is 17.9. The Kier molecular flexibility index (Phi) is 6.08. The third-order valence-corrected chi connectivity index (χ3v) is 3.47. The van der Waals surface area contributed by atoms with Crippen LogP contribution in [0.15, 0.2) is 0 Å². The number of rotatable bonds is 5. The van der Waals surface area contributed by atoms with Crippen LogP contribution >= 0.6 is 0 Å². The molecule has 0 aromatic rings. The summed E-state index contributed by atoms with van der Waals surface area (Å²) in [4.78, 5) is 26.7. The highest BCUT2D eigenvalue weighted by molar-refractivity contribution is 5.77.